The van der Waals surface area contributed by atoms with Crippen molar-refractivity contribution in [1.29, 1.82) is 0 Å². The molecule has 0 radical (unpaired) electrons. The van der Waals surface area contributed by atoms with Crippen LogP contribution in [0.5, 0.6) is 5.88 Å². The molecular formula is C14H18N2O. The van der Waals surface area contributed by atoms with Crippen molar-refractivity contribution in [3.05, 3.63) is 30.5 Å². The van der Waals surface area contributed by atoms with E-state index >= 15 is 0 Å². The smallest absolute Gasteiger partial charge is 0.223 e. The summed E-state index contributed by atoms with van der Waals surface area (Å²) in [6, 6.07) is 8.57. The van der Waals surface area contributed by atoms with Crippen LogP contribution in [0.15, 0.2) is 30.5 Å². The van der Waals surface area contributed by atoms with Gasteiger partial charge < -0.3 is 10.1 Å². The van der Waals surface area contributed by atoms with Crippen LogP contribution in [0.3, 0.4) is 0 Å². The van der Waals surface area contributed by atoms with E-state index in [9.17, 15) is 0 Å². The largest absolute Gasteiger partial charge is 0.477 e. The van der Waals surface area contributed by atoms with E-state index in [2.05, 4.69) is 36.3 Å². The summed E-state index contributed by atoms with van der Waals surface area (Å²) in [4.78, 5) is 4.30. The lowest BCUT2D eigenvalue weighted by atomic mass is 10.1. The van der Waals surface area contributed by atoms with Gasteiger partial charge in [0.05, 0.1) is 12.0 Å². The van der Waals surface area contributed by atoms with Crippen molar-refractivity contribution in [3.8, 4) is 5.88 Å². The molecule has 0 aliphatic heterocycles. The van der Waals surface area contributed by atoms with Gasteiger partial charge in [0.2, 0.25) is 5.88 Å². The zero-order valence-corrected chi connectivity index (χ0v) is 10.5. The minimum absolute atomic E-state index is 0.385. The first-order valence-electron chi connectivity index (χ1n) is 5.99. The molecule has 0 aliphatic rings. The summed E-state index contributed by atoms with van der Waals surface area (Å²) in [5, 5.41) is 5.63. The molecule has 0 saturated heterocycles. The number of benzene rings is 1. The number of hydrogen-bond acceptors (Lipinski definition) is 3. The van der Waals surface area contributed by atoms with Gasteiger partial charge in [0.1, 0.15) is 0 Å². The Morgan fingerprint density at radius 3 is 2.82 bits per heavy atom. The number of aromatic nitrogens is 1. The van der Waals surface area contributed by atoms with Crippen LogP contribution in [-0.2, 0) is 0 Å². The average Bonchev–Trinajstić information content (AvgIpc) is 2.29. The fourth-order valence-electron chi connectivity index (χ4n) is 1.87. The van der Waals surface area contributed by atoms with Crippen molar-refractivity contribution < 1.29 is 4.74 Å². The molecule has 0 amide bonds. The molecule has 17 heavy (non-hydrogen) atoms. The molecule has 1 aromatic carbocycles. The Balaban J connectivity index is 2.58. The van der Waals surface area contributed by atoms with E-state index in [-0.39, 0.29) is 0 Å². The molecule has 1 N–H and O–H groups in total. The van der Waals surface area contributed by atoms with E-state index < -0.39 is 0 Å². The van der Waals surface area contributed by atoms with Crippen molar-refractivity contribution in [2.24, 2.45) is 0 Å². The predicted octanol–water partition coefficient (Wildman–Crippen LogP) is 3.45. The maximum atomic E-state index is 5.59. The summed E-state index contributed by atoms with van der Waals surface area (Å²) in [7, 11) is 0. The minimum Gasteiger partial charge on any atom is -0.477 e. The molecule has 2 rings (SSSR count). The first-order valence-corrected chi connectivity index (χ1v) is 5.99. The monoisotopic (exact) mass is 230 g/mol. The molecule has 0 fully saturated rings. The predicted molar refractivity (Wildman–Crippen MR) is 71.7 cm³/mol. The summed E-state index contributed by atoms with van der Waals surface area (Å²) in [6.45, 7) is 6.84. The standard InChI is InChI=1S/C14H18N2O/c1-4-17-14-13-11(8-9-15-14)6-5-7-12(13)16-10(2)3/h5-10,16H,4H2,1-3H3. The third kappa shape index (κ3) is 2.49. The molecular weight excluding hydrogens is 212 g/mol. The SMILES string of the molecule is CCOc1nccc2cccc(NC(C)C)c12. The van der Waals surface area contributed by atoms with E-state index in [0.29, 0.717) is 18.5 Å². The quantitative estimate of drug-likeness (QED) is 0.873. The minimum atomic E-state index is 0.385. The number of nitrogens with one attached hydrogen (secondary N) is 1. The van der Waals surface area contributed by atoms with Gasteiger partial charge in [-0.25, -0.2) is 4.98 Å². The maximum absolute atomic E-state index is 5.59. The molecule has 0 spiro atoms. The molecule has 1 aromatic heterocycles. The van der Waals surface area contributed by atoms with Crippen LogP contribution < -0.4 is 10.1 Å². The number of pyridine rings is 1. The van der Waals surface area contributed by atoms with Gasteiger partial charge in [-0.15, -0.1) is 0 Å². The fraction of sp³-hybridized carbons (Fsp3) is 0.357. The van der Waals surface area contributed by atoms with Crippen LogP contribution in [-0.4, -0.2) is 17.6 Å². The summed E-state index contributed by atoms with van der Waals surface area (Å²) in [6.07, 6.45) is 1.78. The molecule has 0 unspecified atom stereocenters. The summed E-state index contributed by atoms with van der Waals surface area (Å²) in [5.74, 6) is 0.703. The zero-order valence-electron chi connectivity index (χ0n) is 10.5. The highest BCUT2D eigenvalue weighted by Crippen LogP contribution is 2.30. The van der Waals surface area contributed by atoms with Crippen LogP contribution >= 0.6 is 0 Å². The van der Waals surface area contributed by atoms with Gasteiger partial charge in [0.15, 0.2) is 0 Å². The van der Waals surface area contributed by atoms with Crippen LogP contribution in [0.1, 0.15) is 20.8 Å². The Kier molecular flexibility index (Phi) is 3.47. The summed E-state index contributed by atoms with van der Waals surface area (Å²) < 4.78 is 5.59. The number of fused-ring (bicyclic) bond motifs is 1. The second-order valence-corrected chi connectivity index (χ2v) is 4.25. The normalized spacial score (nSPS) is 10.8. The Bertz CT molecular complexity index is 503. The highest BCUT2D eigenvalue weighted by Gasteiger charge is 2.08. The van der Waals surface area contributed by atoms with E-state index in [1.54, 1.807) is 6.20 Å². The zero-order chi connectivity index (χ0) is 12.3. The van der Waals surface area contributed by atoms with E-state index in [0.717, 1.165) is 16.5 Å². The van der Waals surface area contributed by atoms with Crippen LogP contribution in [0.2, 0.25) is 0 Å². The molecule has 0 aliphatic carbocycles. The third-order valence-corrected chi connectivity index (χ3v) is 2.48. The molecule has 3 nitrogen and oxygen atoms in total. The summed E-state index contributed by atoms with van der Waals surface area (Å²) >= 11 is 0. The summed E-state index contributed by atoms with van der Waals surface area (Å²) in [5.41, 5.74) is 1.08. The lowest BCUT2D eigenvalue weighted by Crippen LogP contribution is -2.10. The third-order valence-electron chi connectivity index (χ3n) is 2.48. The highest BCUT2D eigenvalue weighted by atomic mass is 16.5. The Labute approximate surface area is 102 Å². The van der Waals surface area contributed by atoms with Crippen molar-refractivity contribution >= 4 is 16.5 Å². The number of ether oxygens (including phenoxy) is 1. The van der Waals surface area contributed by atoms with Gasteiger partial charge in [-0.1, -0.05) is 12.1 Å². The Morgan fingerprint density at radius 2 is 2.12 bits per heavy atom. The molecule has 0 bridgehead atoms. The highest BCUT2D eigenvalue weighted by molar-refractivity contribution is 5.97. The second kappa shape index (κ2) is 5.04. The molecule has 90 valence electrons. The fourth-order valence-corrected chi connectivity index (χ4v) is 1.87. The van der Waals surface area contributed by atoms with Crippen molar-refractivity contribution in [2.75, 3.05) is 11.9 Å². The topological polar surface area (TPSA) is 34.1 Å². The second-order valence-electron chi connectivity index (χ2n) is 4.25. The van der Waals surface area contributed by atoms with Gasteiger partial charge in [-0.3, -0.25) is 0 Å². The van der Waals surface area contributed by atoms with Crippen LogP contribution in [0, 0.1) is 0 Å². The number of rotatable bonds is 4. The van der Waals surface area contributed by atoms with Gasteiger partial charge >= 0.3 is 0 Å². The number of anilines is 1. The average molecular weight is 230 g/mol. The van der Waals surface area contributed by atoms with Gasteiger partial charge in [0, 0.05) is 17.9 Å². The van der Waals surface area contributed by atoms with Crippen molar-refractivity contribution in [3.63, 3.8) is 0 Å². The Hall–Kier alpha value is -1.77. The van der Waals surface area contributed by atoms with E-state index in [4.69, 9.17) is 4.74 Å². The number of hydrogen-bond donors (Lipinski definition) is 1. The lowest BCUT2D eigenvalue weighted by Gasteiger charge is -2.14. The molecule has 1 heterocycles. The first kappa shape index (κ1) is 11.7. The molecule has 3 heteroatoms. The Morgan fingerprint density at radius 1 is 1.29 bits per heavy atom. The van der Waals surface area contributed by atoms with Gasteiger partial charge in [-0.05, 0) is 38.3 Å². The van der Waals surface area contributed by atoms with Crippen LogP contribution in [0.4, 0.5) is 5.69 Å². The van der Waals surface area contributed by atoms with E-state index in [1.807, 2.05) is 19.1 Å². The first-order chi connectivity index (χ1) is 8.22. The lowest BCUT2D eigenvalue weighted by molar-refractivity contribution is 0.331. The molecule has 0 atom stereocenters. The van der Waals surface area contributed by atoms with E-state index in [1.165, 1.54) is 0 Å². The maximum Gasteiger partial charge on any atom is 0.223 e. The molecule has 0 saturated carbocycles. The van der Waals surface area contributed by atoms with Crippen molar-refractivity contribution in [1.82, 2.24) is 4.98 Å². The van der Waals surface area contributed by atoms with Crippen molar-refractivity contribution in [2.45, 2.75) is 26.8 Å². The van der Waals surface area contributed by atoms with Gasteiger partial charge in [-0.2, -0.15) is 0 Å². The van der Waals surface area contributed by atoms with Gasteiger partial charge in [0.25, 0.3) is 0 Å². The van der Waals surface area contributed by atoms with Crippen LogP contribution in [0.25, 0.3) is 10.8 Å². The molecule has 2 aromatic rings. The number of nitrogens with zero attached hydrogens (tertiary/aromatic N) is 1.